The summed E-state index contributed by atoms with van der Waals surface area (Å²) in [5.41, 5.74) is 1.26. The smallest absolute Gasteiger partial charge is 0.0123 e. The zero-order valence-electron chi connectivity index (χ0n) is 7.96. The van der Waals surface area contributed by atoms with E-state index in [1.165, 1.54) is 5.56 Å². The van der Waals surface area contributed by atoms with E-state index >= 15 is 0 Å². The lowest BCUT2D eigenvalue weighted by molar-refractivity contribution is 1.09. The summed E-state index contributed by atoms with van der Waals surface area (Å²) in [6, 6.07) is 10.3. The van der Waals surface area contributed by atoms with Gasteiger partial charge in [0, 0.05) is 6.42 Å². The highest BCUT2D eigenvalue weighted by atomic mass is 13.9. The van der Waals surface area contributed by atoms with E-state index in [9.17, 15) is 0 Å². The molecular weight excluding hydrogens is 156 g/mol. The second-order valence-corrected chi connectivity index (χ2v) is 2.78. The van der Waals surface area contributed by atoms with Gasteiger partial charge in [-0.2, -0.15) is 0 Å². The van der Waals surface area contributed by atoms with Crippen LogP contribution >= 0.6 is 0 Å². The van der Waals surface area contributed by atoms with Crippen LogP contribution in [-0.2, 0) is 0 Å². The molecule has 0 N–H and O–H groups in total. The molecule has 1 rings (SSSR count). The van der Waals surface area contributed by atoms with E-state index in [0.717, 1.165) is 12.8 Å². The van der Waals surface area contributed by atoms with Crippen LogP contribution in [0.2, 0.25) is 0 Å². The van der Waals surface area contributed by atoms with Crippen LogP contribution in [0.3, 0.4) is 0 Å². The molecule has 0 spiro atoms. The second kappa shape index (κ2) is 6.08. The van der Waals surface area contributed by atoms with Crippen LogP contribution in [0.5, 0.6) is 0 Å². The minimum atomic E-state index is 0.958. The molecule has 0 radical (unpaired) electrons. The maximum atomic E-state index is 3.03. The first-order valence-corrected chi connectivity index (χ1v) is 4.54. The van der Waals surface area contributed by atoms with Crippen molar-refractivity contribution in [1.82, 2.24) is 0 Å². The summed E-state index contributed by atoms with van der Waals surface area (Å²) in [7, 11) is 0. The van der Waals surface area contributed by atoms with Crippen molar-refractivity contribution in [3.63, 3.8) is 0 Å². The Morgan fingerprint density at radius 1 is 1.23 bits per heavy atom. The molecule has 1 aromatic rings. The molecule has 0 bridgehead atoms. The van der Waals surface area contributed by atoms with Crippen molar-refractivity contribution in [3.8, 4) is 11.8 Å². The summed E-state index contributed by atoms with van der Waals surface area (Å²) in [5.74, 6) is 5.92. The van der Waals surface area contributed by atoms with Gasteiger partial charge >= 0.3 is 0 Å². The van der Waals surface area contributed by atoms with Crippen molar-refractivity contribution < 1.29 is 0 Å². The first-order chi connectivity index (χ1) is 6.43. The quantitative estimate of drug-likeness (QED) is 0.481. The third-order valence-corrected chi connectivity index (χ3v) is 1.72. The van der Waals surface area contributed by atoms with Crippen LogP contribution < -0.4 is 0 Å². The second-order valence-electron chi connectivity index (χ2n) is 2.78. The molecule has 0 aliphatic carbocycles. The van der Waals surface area contributed by atoms with Gasteiger partial charge in [-0.1, -0.05) is 42.5 Å². The third-order valence-electron chi connectivity index (χ3n) is 1.72. The van der Waals surface area contributed by atoms with Gasteiger partial charge in [0.2, 0.25) is 0 Å². The Balaban J connectivity index is 2.35. The Bertz CT molecular complexity index is 309. The lowest BCUT2D eigenvalue weighted by atomic mass is 10.2. The van der Waals surface area contributed by atoms with Crippen molar-refractivity contribution in [1.29, 1.82) is 0 Å². The predicted octanol–water partition coefficient (Wildman–Crippen LogP) is 3.50. The highest BCUT2D eigenvalue weighted by molar-refractivity contribution is 5.48. The first-order valence-electron chi connectivity index (χ1n) is 4.54. The van der Waals surface area contributed by atoms with E-state index in [1.54, 1.807) is 0 Å². The van der Waals surface area contributed by atoms with E-state index in [1.807, 2.05) is 25.1 Å². The molecule has 13 heavy (non-hydrogen) atoms. The summed E-state index contributed by atoms with van der Waals surface area (Å²) in [5, 5.41) is 0. The molecule has 66 valence electrons. The van der Waals surface area contributed by atoms with Crippen LogP contribution in [-0.4, -0.2) is 0 Å². The Morgan fingerprint density at radius 3 is 2.69 bits per heavy atom. The fraction of sp³-hybridized carbons (Fsp3) is 0.231. The molecule has 0 aliphatic heterocycles. The average Bonchev–Trinajstić information content (AvgIpc) is 2.19. The minimum Gasteiger partial charge on any atom is -0.107 e. The highest BCUT2D eigenvalue weighted by Crippen LogP contribution is 2.02. The van der Waals surface area contributed by atoms with E-state index < -0.39 is 0 Å². The maximum absolute atomic E-state index is 3.03. The van der Waals surface area contributed by atoms with Gasteiger partial charge < -0.3 is 0 Å². The van der Waals surface area contributed by atoms with Gasteiger partial charge in [-0.3, -0.25) is 0 Å². The molecule has 0 aromatic heterocycles. The molecule has 0 heteroatoms. The van der Waals surface area contributed by atoms with E-state index in [2.05, 4.69) is 36.1 Å². The highest BCUT2D eigenvalue weighted by Gasteiger charge is 1.81. The van der Waals surface area contributed by atoms with Gasteiger partial charge in [0.15, 0.2) is 0 Å². The van der Waals surface area contributed by atoms with Gasteiger partial charge in [0.25, 0.3) is 0 Å². The summed E-state index contributed by atoms with van der Waals surface area (Å²) < 4.78 is 0. The molecule has 0 nitrogen and oxygen atoms in total. The fourth-order valence-corrected chi connectivity index (χ4v) is 1.06. The monoisotopic (exact) mass is 170 g/mol. The summed E-state index contributed by atoms with van der Waals surface area (Å²) in [6.07, 6.45) is 6.30. The minimum absolute atomic E-state index is 0.958. The van der Waals surface area contributed by atoms with Crippen molar-refractivity contribution >= 4 is 6.08 Å². The van der Waals surface area contributed by atoms with Crippen molar-refractivity contribution in [3.05, 3.63) is 42.0 Å². The van der Waals surface area contributed by atoms with E-state index in [0.29, 0.717) is 0 Å². The van der Waals surface area contributed by atoms with Gasteiger partial charge in [0.05, 0.1) is 0 Å². The number of benzene rings is 1. The van der Waals surface area contributed by atoms with E-state index in [4.69, 9.17) is 0 Å². The number of rotatable bonds is 3. The number of hydrogen-bond acceptors (Lipinski definition) is 0. The Labute approximate surface area is 80.3 Å². The zero-order chi connectivity index (χ0) is 9.36. The first kappa shape index (κ1) is 9.61. The standard InChI is InChI=1S/C13H14/c1-2-3-4-5-7-10-13-11-8-6-9-12-13/h6-12H,4-5H2,1H3. The summed E-state index contributed by atoms with van der Waals surface area (Å²) in [6.45, 7) is 1.88. The number of allylic oxidation sites excluding steroid dienone is 1. The topological polar surface area (TPSA) is 0 Å². The lowest BCUT2D eigenvalue weighted by Crippen LogP contribution is -1.69. The zero-order valence-corrected chi connectivity index (χ0v) is 7.96. The Morgan fingerprint density at radius 2 is 2.00 bits per heavy atom. The van der Waals surface area contributed by atoms with Gasteiger partial charge in [-0.25, -0.2) is 0 Å². The largest absolute Gasteiger partial charge is 0.107 e. The van der Waals surface area contributed by atoms with Crippen LogP contribution in [0.1, 0.15) is 25.3 Å². The van der Waals surface area contributed by atoms with Gasteiger partial charge in [0.1, 0.15) is 0 Å². The SMILES string of the molecule is CC#CCCC=Cc1ccccc1. The molecular formula is C13H14. The molecule has 0 saturated heterocycles. The van der Waals surface area contributed by atoms with Crippen molar-refractivity contribution in [2.24, 2.45) is 0 Å². The molecule has 0 unspecified atom stereocenters. The number of hydrogen-bond donors (Lipinski definition) is 0. The molecule has 0 atom stereocenters. The van der Waals surface area contributed by atoms with Crippen molar-refractivity contribution in [2.75, 3.05) is 0 Å². The van der Waals surface area contributed by atoms with Crippen molar-refractivity contribution in [2.45, 2.75) is 19.8 Å². The average molecular weight is 170 g/mol. The lowest BCUT2D eigenvalue weighted by Gasteiger charge is -1.89. The Kier molecular flexibility index (Phi) is 4.49. The summed E-state index contributed by atoms with van der Waals surface area (Å²) >= 11 is 0. The molecule has 0 heterocycles. The number of unbranched alkanes of at least 4 members (excludes halogenated alkanes) is 1. The maximum Gasteiger partial charge on any atom is 0.0123 e. The molecule has 0 aliphatic rings. The summed E-state index contributed by atoms with van der Waals surface area (Å²) in [4.78, 5) is 0. The fourth-order valence-electron chi connectivity index (χ4n) is 1.06. The third kappa shape index (κ3) is 4.18. The molecule has 1 aromatic carbocycles. The van der Waals surface area contributed by atoms with Crippen LogP contribution in [0.15, 0.2) is 36.4 Å². The van der Waals surface area contributed by atoms with Gasteiger partial charge in [-0.05, 0) is 18.9 Å². The van der Waals surface area contributed by atoms with E-state index in [-0.39, 0.29) is 0 Å². The van der Waals surface area contributed by atoms with Crippen LogP contribution in [0.4, 0.5) is 0 Å². The molecule has 0 amide bonds. The van der Waals surface area contributed by atoms with Crippen LogP contribution in [0.25, 0.3) is 6.08 Å². The normalized spacial score (nSPS) is 9.62. The van der Waals surface area contributed by atoms with Gasteiger partial charge in [-0.15, -0.1) is 11.8 Å². The molecule has 0 saturated carbocycles. The molecule has 0 fully saturated rings. The Hall–Kier alpha value is -1.48. The van der Waals surface area contributed by atoms with Crippen LogP contribution in [0, 0.1) is 11.8 Å². The predicted molar refractivity (Wildman–Crippen MR) is 58.2 cm³/mol.